The number of nitrogens with zero attached hydrogens (tertiary/aromatic N) is 3. The highest BCUT2D eigenvalue weighted by Gasteiger charge is 2.43. The fraction of sp³-hybridized carbons (Fsp3) is 0.417. The van der Waals surface area contributed by atoms with Crippen LogP contribution in [0.2, 0.25) is 0 Å². The molecule has 0 atom stereocenters. The Kier molecular flexibility index (Phi) is 5.56. The lowest BCUT2D eigenvalue weighted by atomic mass is 9.96. The highest BCUT2D eigenvalue weighted by molar-refractivity contribution is 7.99. The minimum Gasteiger partial charge on any atom is -0.322 e. The fourth-order valence-corrected chi connectivity index (χ4v) is 6.86. The van der Waals surface area contributed by atoms with Gasteiger partial charge in [-0.25, -0.2) is 4.98 Å². The minimum absolute atomic E-state index is 0.000718. The minimum atomic E-state index is -1.03. The van der Waals surface area contributed by atoms with E-state index in [-0.39, 0.29) is 23.1 Å². The van der Waals surface area contributed by atoms with Gasteiger partial charge in [-0.2, -0.15) is 0 Å². The number of aryl methyl sites for hydroxylation is 2. The van der Waals surface area contributed by atoms with Crippen molar-refractivity contribution in [2.75, 3.05) is 16.0 Å². The molecule has 0 spiro atoms. The lowest BCUT2D eigenvalue weighted by Crippen LogP contribution is -2.59. The van der Waals surface area contributed by atoms with Gasteiger partial charge in [-0.1, -0.05) is 30.8 Å². The Morgan fingerprint density at radius 3 is 2.82 bits per heavy atom. The van der Waals surface area contributed by atoms with Gasteiger partial charge in [-0.3, -0.25) is 23.9 Å². The summed E-state index contributed by atoms with van der Waals surface area (Å²) in [5.41, 5.74) is 1.44. The number of rotatable bonds is 5. The van der Waals surface area contributed by atoms with E-state index in [2.05, 4.69) is 5.32 Å². The number of aromatic nitrogens is 2. The second-order valence-electron chi connectivity index (χ2n) is 8.94. The summed E-state index contributed by atoms with van der Waals surface area (Å²) >= 11 is 2.88. The molecule has 33 heavy (non-hydrogen) atoms. The van der Waals surface area contributed by atoms with Gasteiger partial charge in [0.2, 0.25) is 11.8 Å². The van der Waals surface area contributed by atoms with Gasteiger partial charge < -0.3 is 5.32 Å². The number of hydrogen-bond donors (Lipinski definition) is 1. The van der Waals surface area contributed by atoms with E-state index < -0.39 is 5.54 Å². The summed E-state index contributed by atoms with van der Waals surface area (Å²) in [6.45, 7) is 6.07. The van der Waals surface area contributed by atoms with Gasteiger partial charge >= 0.3 is 0 Å². The van der Waals surface area contributed by atoms with Crippen molar-refractivity contribution in [1.82, 2.24) is 9.55 Å². The van der Waals surface area contributed by atoms with Crippen LogP contribution >= 0.6 is 23.1 Å². The van der Waals surface area contributed by atoms with Crippen molar-refractivity contribution >= 4 is 56.5 Å². The van der Waals surface area contributed by atoms with E-state index in [1.54, 1.807) is 40.7 Å². The molecule has 3 heterocycles. The molecule has 1 aliphatic heterocycles. The Morgan fingerprint density at radius 1 is 1.24 bits per heavy atom. The molecule has 0 saturated heterocycles. The number of nitrogens with one attached hydrogen (secondary N) is 1. The number of fused-ring (bicyclic) bond motifs is 4. The van der Waals surface area contributed by atoms with Gasteiger partial charge in [0.05, 0.1) is 22.5 Å². The van der Waals surface area contributed by atoms with E-state index in [0.717, 1.165) is 35.9 Å². The van der Waals surface area contributed by atoms with Gasteiger partial charge in [0.15, 0.2) is 5.16 Å². The summed E-state index contributed by atoms with van der Waals surface area (Å²) in [7, 11) is 0. The molecule has 2 aliphatic rings. The van der Waals surface area contributed by atoms with Gasteiger partial charge in [0.25, 0.3) is 5.56 Å². The van der Waals surface area contributed by atoms with Crippen LogP contribution in [0.15, 0.2) is 34.2 Å². The number of carbonyl (C=O) groups is 2. The van der Waals surface area contributed by atoms with E-state index in [0.29, 0.717) is 23.1 Å². The maximum absolute atomic E-state index is 13.4. The second-order valence-corrected chi connectivity index (χ2v) is 11.0. The molecular weight excluding hydrogens is 456 g/mol. The van der Waals surface area contributed by atoms with Crippen LogP contribution in [0.5, 0.6) is 0 Å². The first-order chi connectivity index (χ1) is 15.8. The van der Waals surface area contributed by atoms with Gasteiger partial charge in [-0.15, -0.1) is 11.3 Å². The molecule has 0 unspecified atom stereocenters. The van der Waals surface area contributed by atoms with E-state index >= 15 is 0 Å². The molecule has 7 nitrogen and oxygen atoms in total. The van der Waals surface area contributed by atoms with Crippen molar-refractivity contribution < 1.29 is 9.59 Å². The number of thioether (sulfide) groups is 1. The maximum atomic E-state index is 13.4. The number of anilines is 2. The molecule has 0 saturated carbocycles. The molecule has 1 N–H and O–H groups in total. The molecule has 0 fully saturated rings. The molecule has 5 rings (SSSR count). The van der Waals surface area contributed by atoms with Crippen LogP contribution < -0.4 is 15.8 Å². The predicted octanol–water partition coefficient (Wildman–Crippen LogP) is 4.21. The zero-order valence-electron chi connectivity index (χ0n) is 18.9. The Balaban J connectivity index is 1.49. The quantitative estimate of drug-likeness (QED) is 0.435. The second kappa shape index (κ2) is 8.29. The van der Waals surface area contributed by atoms with Crippen molar-refractivity contribution in [3.8, 4) is 0 Å². The van der Waals surface area contributed by atoms with Crippen LogP contribution in [0.25, 0.3) is 10.2 Å². The fourth-order valence-electron chi connectivity index (χ4n) is 4.68. The number of para-hydroxylation sites is 2. The zero-order chi connectivity index (χ0) is 23.3. The lowest BCUT2D eigenvalue weighted by Gasteiger charge is -2.42. The summed E-state index contributed by atoms with van der Waals surface area (Å²) < 4.78 is 1.72. The molecule has 172 valence electrons. The Bertz CT molecular complexity index is 1340. The van der Waals surface area contributed by atoms with E-state index in [1.165, 1.54) is 22.2 Å². The number of carbonyl (C=O) groups excluding carboxylic acids is 2. The number of amides is 2. The largest absolute Gasteiger partial charge is 0.322 e. The van der Waals surface area contributed by atoms with Crippen LogP contribution in [0.3, 0.4) is 0 Å². The Morgan fingerprint density at radius 2 is 2.03 bits per heavy atom. The average Bonchev–Trinajstić information content (AvgIpc) is 3.36. The Hall–Kier alpha value is -2.65. The van der Waals surface area contributed by atoms with Crippen LogP contribution in [-0.4, -0.2) is 32.7 Å². The predicted molar refractivity (Wildman–Crippen MR) is 134 cm³/mol. The number of thiophene rings is 1. The van der Waals surface area contributed by atoms with Gasteiger partial charge in [0, 0.05) is 11.4 Å². The summed E-state index contributed by atoms with van der Waals surface area (Å²) in [6.07, 6.45) is 3.84. The van der Waals surface area contributed by atoms with E-state index in [9.17, 15) is 14.4 Å². The third kappa shape index (κ3) is 3.58. The van der Waals surface area contributed by atoms with Crippen LogP contribution in [0.4, 0.5) is 11.4 Å². The SMILES string of the molecule is CCCn1c(SCC(=O)N2c3ccccc3NC(=O)C2(C)C)nc2sc3c(c2c1=O)CCC3. The third-order valence-electron chi connectivity index (χ3n) is 6.32. The summed E-state index contributed by atoms with van der Waals surface area (Å²) in [5, 5.41) is 4.21. The summed E-state index contributed by atoms with van der Waals surface area (Å²) in [4.78, 5) is 48.0. The normalized spacial score (nSPS) is 16.6. The lowest BCUT2D eigenvalue weighted by molar-refractivity contribution is -0.125. The van der Waals surface area contributed by atoms with Crippen LogP contribution in [0, 0.1) is 0 Å². The van der Waals surface area contributed by atoms with Crippen LogP contribution in [-0.2, 0) is 29.0 Å². The van der Waals surface area contributed by atoms with E-state index in [4.69, 9.17) is 4.98 Å². The first kappa shape index (κ1) is 22.2. The van der Waals surface area contributed by atoms with Crippen molar-refractivity contribution in [3.63, 3.8) is 0 Å². The molecule has 3 aromatic rings. The van der Waals surface area contributed by atoms with Crippen LogP contribution in [0.1, 0.15) is 44.1 Å². The van der Waals surface area contributed by atoms with Gasteiger partial charge in [-0.05, 0) is 57.2 Å². The topological polar surface area (TPSA) is 84.3 Å². The molecule has 2 aromatic heterocycles. The van der Waals surface area contributed by atoms with Gasteiger partial charge in [0.1, 0.15) is 10.4 Å². The zero-order valence-corrected chi connectivity index (χ0v) is 20.6. The molecule has 9 heteroatoms. The monoisotopic (exact) mass is 482 g/mol. The summed E-state index contributed by atoms with van der Waals surface area (Å²) in [5.74, 6) is -0.342. The highest BCUT2D eigenvalue weighted by atomic mass is 32.2. The molecule has 1 aliphatic carbocycles. The average molecular weight is 483 g/mol. The smallest absolute Gasteiger partial charge is 0.263 e. The highest BCUT2D eigenvalue weighted by Crippen LogP contribution is 2.38. The molecule has 0 radical (unpaired) electrons. The first-order valence-corrected chi connectivity index (χ1v) is 13.0. The van der Waals surface area contributed by atoms with Crippen molar-refractivity contribution in [1.29, 1.82) is 0 Å². The first-order valence-electron chi connectivity index (χ1n) is 11.2. The standard InChI is InChI=1S/C24H26N4O3S2/c1-4-12-27-21(30)19-14-8-7-11-17(14)33-20(19)26-23(27)32-13-18(29)28-16-10-6-5-9-15(16)25-22(31)24(28,2)3/h5-6,9-10H,4,7-8,11-13H2,1-3H3,(H,25,31). The Labute approximate surface area is 200 Å². The maximum Gasteiger partial charge on any atom is 0.263 e. The number of hydrogen-bond acceptors (Lipinski definition) is 6. The molecular formula is C24H26N4O3S2. The molecule has 0 bridgehead atoms. The van der Waals surface area contributed by atoms with Crippen molar-refractivity contribution in [2.24, 2.45) is 0 Å². The summed E-state index contributed by atoms with van der Waals surface area (Å²) in [6, 6.07) is 7.31. The van der Waals surface area contributed by atoms with E-state index in [1.807, 2.05) is 25.1 Å². The van der Waals surface area contributed by atoms with Crippen molar-refractivity contribution in [3.05, 3.63) is 45.1 Å². The number of benzene rings is 1. The third-order valence-corrected chi connectivity index (χ3v) is 8.47. The molecule has 1 aromatic carbocycles. The molecule has 2 amide bonds. The van der Waals surface area contributed by atoms with Crippen molar-refractivity contribution in [2.45, 2.75) is 63.7 Å².